The first-order valence-corrected chi connectivity index (χ1v) is 12.1. The minimum Gasteiger partial charge on any atom is -0.495 e. The van der Waals surface area contributed by atoms with Crippen molar-refractivity contribution < 1.29 is 17.9 Å². The summed E-state index contributed by atoms with van der Waals surface area (Å²) in [5, 5.41) is 0. The van der Waals surface area contributed by atoms with Crippen molar-refractivity contribution >= 4 is 21.6 Å². The van der Waals surface area contributed by atoms with Gasteiger partial charge in [-0.25, -0.2) is 8.42 Å². The Morgan fingerprint density at radius 3 is 2.42 bits per heavy atom. The summed E-state index contributed by atoms with van der Waals surface area (Å²) in [5.41, 5.74) is 1.63. The second-order valence-electron chi connectivity index (χ2n) is 8.37. The molecule has 1 amide bonds. The Hall–Kier alpha value is -2.54. The van der Waals surface area contributed by atoms with E-state index in [1.807, 2.05) is 14.0 Å². The number of carbonyl (C=O) groups excluding carboxylic acids is 1. The smallest absolute Gasteiger partial charge is 0.264 e. The van der Waals surface area contributed by atoms with Crippen molar-refractivity contribution in [3.8, 4) is 5.75 Å². The summed E-state index contributed by atoms with van der Waals surface area (Å²) < 4.78 is 33.2. The van der Waals surface area contributed by atoms with Gasteiger partial charge in [0.05, 0.1) is 17.7 Å². The first-order chi connectivity index (χ1) is 14.7. The molecule has 1 saturated carbocycles. The molecule has 2 atom stereocenters. The molecule has 2 unspecified atom stereocenters. The van der Waals surface area contributed by atoms with Crippen LogP contribution in [0, 0.1) is 12.8 Å². The molecule has 0 bridgehead atoms. The number of rotatable bonds is 6. The molecule has 168 valence electrons. The molecule has 2 aromatic rings. The third-order valence-corrected chi connectivity index (χ3v) is 8.17. The van der Waals surface area contributed by atoms with E-state index in [1.165, 1.54) is 30.9 Å². The summed E-state index contributed by atoms with van der Waals surface area (Å²) in [6, 6.07) is 11.9. The highest BCUT2D eigenvalue weighted by molar-refractivity contribution is 7.92. The molecule has 2 aromatic carbocycles. The number of aryl methyl sites for hydroxylation is 1. The summed E-state index contributed by atoms with van der Waals surface area (Å²) >= 11 is 0. The fourth-order valence-corrected chi connectivity index (χ4v) is 5.61. The van der Waals surface area contributed by atoms with E-state index in [9.17, 15) is 13.2 Å². The van der Waals surface area contributed by atoms with Crippen LogP contribution in [0.4, 0.5) is 5.69 Å². The van der Waals surface area contributed by atoms with Crippen molar-refractivity contribution in [2.45, 2.75) is 50.5 Å². The van der Waals surface area contributed by atoms with Crippen LogP contribution in [0.1, 0.15) is 48.5 Å². The SMILES string of the molecule is COc1ccccc1N(C)S(=O)(=O)c1ccc(C)c(C(=O)N(C)C2CCCCC2C)c1. The van der Waals surface area contributed by atoms with Gasteiger partial charge in [-0.05, 0) is 55.5 Å². The molecule has 0 aromatic heterocycles. The van der Waals surface area contributed by atoms with E-state index in [-0.39, 0.29) is 16.8 Å². The highest BCUT2D eigenvalue weighted by Gasteiger charge is 2.30. The number of carbonyl (C=O) groups is 1. The Labute approximate surface area is 185 Å². The number of hydrogen-bond donors (Lipinski definition) is 0. The molecular weight excluding hydrogens is 412 g/mol. The lowest BCUT2D eigenvalue weighted by Crippen LogP contribution is -2.43. The van der Waals surface area contributed by atoms with Gasteiger partial charge in [0.15, 0.2) is 0 Å². The molecule has 0 N–H and O–H groups in total. The number of benzene rings is 2. The van der Waals surface area contributed by atoms with Crippen LogP contribution in [-0.4, -0.2) is 46.5 Å². The summed E-state index contributed by atoms with van der Waals surface area (Å²) in [7, 11) is 0.948. The summed E-state index contributed by atoms with van der Waals surface area (Å²) in [6.07, 6.45) is 4.40. The number of sulfonamides is 1. The van der Waals surface area contributed by atoms with E-state index in [0.717, 1.165) is 24.8 Å². The Morgan fingerprint density at radius 2 is 1.74 bits per heavy atom. The first-order valence-electron chi connectivity index (χ1n) is 10.7. The quantitative estimate of drug-likeness (QED) is 0.659. The van der Waals surface area contributed by atoms with E-state index in [0.29, 0.717) is 22.9 Å². The molecule has 31 heavy (non-hydrogen) atoms. The lowest BCUT2D eigenvalue weighted by Gasteiger charge is -2.36. The third-order valence-electron chi connectivity index (χ3n) is 6.41. The van der Waals surface area contributed by atoms with E-state index < -0.39 is 10.0 Å². The Bertz CT molecular complexity index is 1050. The largest absolute Gasteiger partial charge is 0.495 e. The van der Waals surface area contributed by atoms with Gasteiger partial charge in [-0.1, -0.05) is 38.0 Å². The molecular formula is C24H32N2O4S. The zero-order valence-electron chi connectivity index (χ0n) is 19.0. The molecule has 0 aliphatic heterocycles. The minimum absolute atomic E-state index is 0.0833. The highest BCUT2D eigenvalue weighted by atomic mass is 32.2. The molecule has 3 rings (SSSR count). The summed E-state index contributed by atoms with van der Waals surface area (Å²) in [6.45, 7) is 4.02. The Kier molecular flexibility index (Phi) is 6.94. The fraction of sp³-hybridized carbons (Fsp3) is 0.458. The van der Waals surface area contributed by atoms with E-state index >= 15 is 0 Å². The molecule has 6 nitrogen and oxygen atoms in total. The van der Waals surface area contributed by atoms with Gasteiger partial charge in [-0.2, -0.15) is 0 Å². The average molecular weight is 445 g/mol. The van der Waals surface area contributed by atoms with Crippen LogP contribution in [0.25, 0.3) is 0 Å². The monoisotopic (exact) mass is 444 g/mol. The molecule has 1 aliphatic rings. The van der Waals surface area contributed by atoms with Crippen LogP contribution in [0.5, 0.6) is 5.75 Å². The minimum atomic E-state index is -3.88. The predicted molar refractivity (Wildman–Crippen MR) is 123 cm³/mol. The van der Waals surface area contributed by atoms with Crippen molar-refractivity contribution in [1.29, 1.82) is 0 Å². The molecule has 0 radical (unpaired) electrons. The number of anilines is 1. The zero-order valence-corrected chi connectivity index (χ0v) is 19.8. The van der Waals surface area contributed by atoms with E-state index in [4.69, 9.17) is 4.74 Å². The van der Waals surface area contributed by atoms with Crippen LogP contribution in [0.15, 0.2) is 47.4 Å². The van der Waals surface area contributed by atoms with Gasteiger partial charge in [-0.15, -0.1) is 0 Å². The van der Waals surface area contributed by atoms with Crippen molar-refractivity contribution in [1.82, 2.24) is 4.90 Å². The van der Waals surface area contributed by atoms with Gasteiger partial charge in [0.25, 0.3) is 15.9 Å². The number of methoxy groups -OCH3 is 1. The maximum atomic E-state index is 13.4. The van der Waals surface area contributed by atoms with Crippen molar-refractivity contribution in [2.75, 3.05) is 25.5 Å². The third kappa shape index (κ3) is 4.56. The number of amides is 1. The number of para-hydroxylation sites is 2. The average Bonchev–Trinajstić information content (AvgIpc) is 2.78. The Balaban J connectivity index is 1.95. The zero-order chi connectivity index (χ0) is 22.8. The lowest BCUT2D eigenvalue weighted by molar-refractivity contribution is 0.0628. The van der Waals surface area contributed by atoms with Gasteiger partial charge in [0, 0.05) is 25.7 Å². The van der Waals surface area contributed by atoms with Gasteiger partial charge in [0.1, 0.15) is 5.75 Å². The first kappa shape index (κ1) is 23.1. The molecule has 0 saturated heterocycles. The molecule has 0 spiro atoms. The van der Waals surface area contributed by atoms with Gasteiger partial charge in [-0.3, -0.25) is 9.10 Å². The topological polar surface area (TPSA) is 66.9 Å². The molecule has 0 heterocycles. The Morgan fingerprint density at radius 1 is 1.06 bits per heavy atom. The van der Waals surface area contributed by atoms with Crippen LogP contribution >= 0.6 is 0 Å². The van der Waals surface area contributed by atoms with Gasteiger partial charge in [0.2, 0.25) is 0 Å². The lowest BCUT2D eigenvalue weighted by atomic mass is 9.85. The number of ether oxygens (including phenoxy) is 1. The van der Waals surface area contributed by atoms with Gasteiger partial charge < -0.3 is 9.64 Å². The summed E-state index contributed by atoms with van der Waals surface area (Å²) in [4.78, 5) is 15.2. The van der Waals surface area contributed by atoms with E-state index in [2.05, 4.69) is 6.92 Å². The standard InChI is InChI=1S/C24H32N2O4S/c1-17-14-15-19(31(28,29)26(4)22-12-8-9-13-23(22)30-5)16-20(17)24(27)25(3)21-11-7-6-10-18(21)2/h8-9,12-16,18,21H,6-7,10-11H2,1-5H3. The van der Waals surface area contributed by atoms with Crippen molar-refractivity contribution in [3.05, 3.63) is 53.6 Å². The molecule has 1 fully saturated rings. The van der Waals surface area contributed by atoms with Crippen LogP contribution in [-0.2, 0) is 10.0 Å². The fourth-order valence-electron chi connectivity index (χ4n) is 4.38. The van der Waals surface area contributed by atoms with E-state index in [1.54, 1.807) is 41.3 Å². The number of hydrogen-bond acceptors (Lipinski definition) is 4. The number of nitrogens with zero attached hydrogens (tertiary/aromatic N) is 2. The van der Waals surface area contributed by atoms with Crippen LogP contribution in [0.2, 0.25) is 0 Å². The normalized spacial score (nSPS) is 19.0. The molecule has 1 aliphatic carbocycles. The van der Waals surface area contributed by atoms with Crippen molar-refractivity contribution in [3.63, 3.8) is 0 Å². The molecule has 7 heteroatoms. The predicted octanol–water partition coefficient (Wildman–Crippen LogP) is 4.48. The summed E-state index contributed by atoms with van der Waals surface area (Å²) in [5.74, 6) is 0.767. The van der Waals surface area contributed by atoms with Gasteiger partial charge >= 0.3 is 0 Å². The van der Waals surface area contributed by atoms with Crippen LogP contribution in [0.3, 0.4) is 0 Å². The maximum absolute atomic E-state index is 13.4. The maximum Gasteiger partial charge on any atom is 0.264 e. The van der Waals surface area contributed by atoms with Crippen LogP contribution < -0.4 is 9.04 Å². The highest BCUT2D eigenvalue weighted by Crippen LogP contribution is 2.32. The second kappa shape index (κ2) is 9.30. The second-order valence-corrected chi connectivity index (χ2v) is 10.3. The van der Waals surface area contributed by atoms with Crippen molar-refractivity contribution in [2.24, 2.45) is 5.92 Å².